The predicted molar refractivity (Wildman–Crippen MR) is 84.4 cm³/mol. The van der Waals surface area contributed by atoms with Crippen LogP contribution in [-0.4, -0.2) is 11.0 Å². The van der Waals surface area contributed by atoms with Gasteiger partial charge in [-0.05, 0) is 47.3 Å². The standard InChI is InChI=1S/C15H15BrF2N2S/c1-2-11-12(7-19-8-3-4-8)21-15(20-11)9-5-6-10(17)14(18)13(9)16/h5-6,8,19H,2-4,7H2,1H3. The first kappa shape index (κ1) is 15.1. The summed E-state index contributed by atoms with van der Waals surface area (Å²) in [6.45, 7) is 2.85. The minimum absolute atomic E-state index is 0.139. The molecule has 0 spiro atoms. The van der Waals surface area contributed by atoms with Crippen molar-refractivity contribution in [2.24, 2.45) is 0 Å². The number of hydrogen-bond acceptors (Lipinski definition) is 3. The summed E-state index contributed by atoms with van der Waals surface area (Å²) in [5.41, 5.74) is 1.63. The Labute approximate surface area is 134 Å². The molecule has 1 aliphatic rings. The van der Waals surface area contributed by atoms with Crippen molar-refractivity contribution >= 4 is 27.3 Å². The molecule has 1 aromatic carbocycles. The fraction of sp³-hybridized carbons (Fsp3) is 0.400. The summed E-state index contributed by atoms with van der Waals surface area (Å²) < 4.78 is 27.0. The Balaban J connectivity index is 1.92. The van der Waals surface area contributed by atoms with E-state index in [-0.39, 0.29) is 4.47 Å². The Bertz CT molecular complexity index is 668. The molecule has 1 saturated carbocycles. The average Bonchev–Trinajstić information content (AvgIpc) is 3.22. The van der Waals surface area contributed by atoms with Crippen LogP contribution in [0.15, 0.2) is 16.6 Å². The van der Waals surface area contributed by atoms with Gasteiger partial charge in [0, 0.05) is 23.0 Å². The molecule has 112 valence electrons. The number of aromatic nitrogens is 1. The van der Waals surface area contributed by atoms with E-state index in [1.807, 2.05) is 0 Å². The van der Waals surface area contributed by atoms with Crippen LogP contribution in [0, 0.1) is 11.6 Å². The highest BCUT2D eigenvalue weighted by atomic mass is 79.9. The quantitative estimate of drug-likeness (QED) is 0.771. The number of thiazole rings is 1. The van der Waals surface area contributed by atoms with Crippen molar-refractivity contribution in [3.05, 3.63) is 38.8 Å². The number of nitrogens with one attached hydrogen (secondary N) is 1. The lowest BCUT2D eigenvalue weighted by Crippen LogP contribution is -2.15. The highest BCUT2D eigenvalue weighted by Gasteiger charge is 2.22. The molecule has 0 amide bonds. The van der Waals surface area contributed by atoms with Gasteiger partial charge >= 0.3 is 0 Å². The molecular formula is C15H15BrF2N2S. The van der Waals surface area contributed by atoms with Crippen LogP contribution in [0.2, 0.25) is 0 Å². The molecule has 6 heteroatoms. The summed E-state index contributed by atoms with van der Waals surface area (Å²) in [4.78, 5) is 5.77. The summed E-state index contributed by atoms with van der Waals surface area (Å²) in [7, 11) is 0. The van der Waals surface area contributed by atoms with Crippen molar-refractivity contribution in [2.45, 2.75) is 38.8 Å². The molecule has 1 N–H and O–H groups in total. The van der Waals surface area contributed by atoms with E-state index in [0.717, 1.165) is 29.7 Å². The molecule has 1 heterocycles. The third kappa shape index (κ3) is 3.17. The molecule has 3 rings (SSSR count). The first-order valence-corrected chi connectivity index (χ1v) is 8.57. The smallest absolute Gasteiger partial charge is 0.173 e. The van der Waals surface area contributed by atoms with E-state index < -0.39 is 11.6 Å². The minimum atomic E-state index is -0.863. The Kier molecular flexibility index (Phi) is 4.38. The van der Waals surface area contributed by atoms with Gasteiger partial charge in [0.15, 0.2) is 11.6 Å². The minimum Gasteiger partial charge on any atom is -0.309 e. The van der Waals surface area contributed by atoms with Gasteiger partial charge in [0.1, 0.15) is 5.01 Å². The normalized spacial score (nSPS) is 14.7. The van der Waals surface area contributed by atoms with E-state index in [9.17, 15) is 8.78 Å². The zero-order valence-corrected chi connectivity index (χ0v) is 14.0. The van der Waals surface area contributed by atoms with Crippen LogP contribution in [0.25, 0.3) is 10.6 Å². The van der Waals surface area contributed by atoms with Crippen LogP contribution in [0.5, 0.6) is 0 Å². The lowest BCUT2D eigenvalue weighted by molar-refractivity contribution is 0.505. The molecule has 0 radical (unpaired) electrons. The molecule has 0 atom stereocenters. The van der Waals surface area contributed by atoms with Gasteiger partial charge in [0.05, 0.1) is 10.2 Å². The number of hydrogen-bond donors (Lipinski definition) is 1. The summed E-state index contributed by atoms with van der Waals surface area (Å²) in [5.74, 6) is -1.72. The maximum atomic E-state index is 13.7. The SMILES string of the molecule is CCc1nc(-c2ccc(F)c(F)c2Br)sc1CNC1CC1. The van der Waals surface area contributed by atoms with Crippen molar-refractivity contribution in [3.63, 3.8) is 0 Å². The van der Waals surface area contributed by atoms with Gasteiger partial charge in [0.2, 0.25) is 0 Å². The molecule has 2 nitrogen and oxygen atoms in total. The third-order valence-corrected chi connectivity index (χ3v) is 5.41. The van der Waals surface area contributed by atoms with Gasteiger partial charge in [-0.3, -0.25) is 0 Å². The van der Waals surface area contributed by atoms with Crippen molar-refractivity contribution < 1.29 is 8.78 Å². The molecule has 21 heavy (non-hydrogen) atoms. The molecular weight excluding hydrogens is 358 g/mol. The predicted octanol–water partition coefficient (Wildman–Crippen LogP) is 4.67. The lowest BCUT2D eigenvalue weighted by Gasteiger charge is -2.02. The topological polar surface area (TPSA) is 24.9 Å². The van der Waals surface area contributed by atoms with E-state index in [1.54, 1.807) is 17.4 Å². The fourth-order valence-corrected chi connectivity index (χ4v) is 3.90. The number of nitrogens with zero attached hydrogens (tertiary/aromatic N) is 1. The van der Waals surface area contributed by atoms with Crippen LogP contribution in [0.3, 0.4) is 0 Å². The summed E-state index contributed by atoms with van der Waals surface area (Å²) in [6.07, 6.45) is 3.31. The summed E-state index contributed by atoms with van der Waals surface area (Å²) in [5, 5.41) is 4.20. The molecule has 2 aromatic rings. The van der Waals surface area contributed by atoms with Gasteiger partial charge in [0.25, 0.3) is 0 Å². The van der Waals surface area contributed by atoms with Gasteiger partial charge in [-0.25, -0.2) is 13.8 Å². The molecule has 0 unspecified atom stereocenters. The number of rotatable bonds is 5. The number of benzene rings is 1. The van der Waals surface area contributed by atoms with E-state index in [0.29, 0.717) is 11.6 Å². The van der Waals surface area contributed by atoms with E-state index in [2.05, 4.69) is 33.2 Å². The van der Waals surface area contributed by atoms with E-state index >= 15 is 0 Å². The van der Waals surface area contributed by atoms with Gasteiger partial charge in [-0.1, -0.05) is 6.92 Å². The van der Waals surface area contributed by atoms with Crippen molar-refractivity contribution in [2.75, 3.05) is 0 Å². The summed E-state index contributed by atoms with van der Waals surface area (Å²) in [6, 6.07) is 3.35. The second kappa shape index (κ2) is 6.10. The van der Waals surface area contributed by atoms with E-state index in [4.69, 9.17) is 0 Å². The van der Waals surface area contributed by atoms with Crippen LogP contribution in [0.1, 0.15) is 30.3 Å². The average molecular weight is 373 g/mol. The Hall–Kier alpha value is -0.850. The van der Waals surface area contributed by atoms with Gasteiger partial charge in [-0.2, -0.15) is 0 Å². The highest BCUT2D eigenvalue weighted by molar-refractivity contribution is 9.10. The van der Waals surface area contributed by atoms with Crippen LogP contribution in [0.4, 0.5) is 8.78 Å². The lowest BCUT2D eigenvalue weighted by atomic mass is 10.2. The Morgan fingerprint density at radius 3 is 2.81 bits per heavy atom. The van der Waals surface area contributed by atoms with Crippen molar-refractivity contribution in [3.8, 4) is 10.6 Å². The maximum absolute atomic E-state index is 13.7. The molecule has 0 bridgehead atoms. The second-order valence-corrected chi connectivity index (χ2v) is 7.00. The largest absolute Gasteiger partial charge is 0.309 e. The van der Waals surface area contributed by atoms with Crippen LogP contribution >= 0.6 is 27.3 Å². The van der Waals surface area contributed by atoms with Crippen molar-refractivity contribution in [1.82, 2.24) is 10.3 Å². The van der Waals surface area contributed by atoms with Gasteiger partial charge in [-0.15, -0.1) is 11.3 Å². The number of aryl methyl sites for hydroxylation is 1. The molecule has 1 aromatic heterocycles. The van der Waals surface area contributed by atoms with Crippen molar-refractivity contribution in [1.29, 1.82) is 0 Å². The summed E-state index contributed by atoms with van der Waals surface area (Å²) >= 11 is 4.67. The molecule has 0 saturated heterocycles. The monoisotopic (exact) mass is 372 g/mol. The third-order valence-electron chi connectivity index (χ3n) is 3.51. The van der Waals surface area contributed by atoms with Crippen LogP contribution < -0.4 is 5.32 Å². The zero-order valence-electron chi connectivity index (χ0n) is 11.5. The van der Waals surface area contributed by atoms with Gasteiger partial charge < -0.3 is 5.32 Å². The molecule has 0 aliphatic heterocycles. The highest BCUT2D eigenvalue weighted by Crippen LogP contribution is 2.36. The number of halogens is 3. The molecule has 1 aliphatic carbocycles. The zero-order chi connectivity index (χ0) is 15.0. The molecule has 1 fully saturated rings. The fourth-order valence-electron chi connectivity index (χ4n) is 2.13. The Morgan fingerprint density at radius 2 is 2.14 bits per heavy atom. The second-order valence-electron chi connectivity index (χ2n) is 5.12. The Morgan fingerprint density at radius 1 is 1.38 bits per heavy atom. The van der Waals surface area contributed by atoms with E-state index in [1.165, 1.54) is 17.7 Å². The maximum Gasteiger partial charge on any atom is 0.173 e. The first-order chi connectivity index (χ1) is 10.1. The first-order valence-electron chi connectivity index (χ1n) is 6.96. The van der Waals surface area contributed by atoms with Crippen LogP contribution in [-0.2, 0) is 13.0 Å².